The average molecular weight is 692 g/mol. The van der Waals surface area contributed by atoms with Crippen molar-refractivity contribution in [2.45, 2.75) is 12.3 Å². The highest BCUT2D eigenvalue weighted by atomic mass is 16.5. The summed E-state index contributed by atoms with van der Waals surface area (Å²) >= 11 is 0. The van der Waals surface area contributed by atoms with E-state index >= 15 is 0 Å². The molecule has 0 bridgehead atoms. The number of ether oxygens (including phenoxy) is 1. The highest BCUT2D eigenvalue weighted by Gasteiger charge is 2.48. The van der Waals surface area contributed by atoms with E-state index in [1.165, 1.54) is 5.56 Å². The van der Waals surface area contributed by atoms with Gasteiger partial charge in [0.2, 0.25) is 0 Å². The highest BCUT2D eigenvalue weighted by molar-refractivity contribution is 6.09. The lowest BCUT2D eigenvalue weighted by Gasteiger charge is -2.35. The molecule has 252 valence electrons. The van der Waals surface area contributed by atoms with Crippen molar-refractivity contribution < 1.29 is 9.15 Å². The SMILES string of the molecule is CC12c3ccccc3Oc3c(C#N)ccc(c31)-c1cc(-c3cc(-c4ccc(-c5cccc6c5oc5ccccc56)cc4)nc(-c4ccccc4)n3)ccc12. The van der Waals surface area contributed by atoms with Crippen molar-refractivity contribution in [1.82, 2.24) is 9.97 Å². The van der Waals surface area contributed by atoms with E-state index in [9.17, 15) is 5.26 Å². The van der Waals surface area contributed by atoms with Gasteiger partial charge in [0.05, 0.1) is 22.4 Å². The van der Waals surface area contributed by atoms with E-state index in [2.05, 4.69) is 104 Å². The van der Waals surface area contributed by atoms with Gasteiger partial charge < -0.3 is 9.15 Å². The number of hydrogen-bond donors (Lipinski definition) is 0. The molecule has 2 aromatic heterocycles. The predicted molar refractivity (Wildman–Crippen MR) is 213 cm³/mol. The molecule has 1 aliphatic carbocycles. The number of furan rings is 1. The number of fused-ring (bicyclic) bond motifs is 8. The summed E-state index contributed by atoms with van der Waals surface area (Å²) in [5, 5.41) is 12.3. The zero-order valence-electron chi connectivity index (χ0n) is 29.2. The normalized spacial score (nSPS) is 15.0. The van der Waals surface area contributed by atoms with Crippen LogP contribution in [0.2, 0.25) is 0 Å². The van der Waals surface area contributed by atoms with Crippen LogP contribution in [0.3, 0.4) is 0 Å². The van der Waals surface area contributed by atoms with Gasteiger partial charge in [-0.05, 0) is 59.5 Å². The largest absolute Gasteiger partial charge is 0.455 e. The third kappa shape index (κ3) is 4.31. The number of benzene rings is 7. The summed E-state index contributed by atoms with van der Waals surface area (Å²) in [6, 6.07) is 56.3. The van der Waals surface area contributed by atoms with Crippen LogP contribution in [-0.4, -0.2) is 9.97 Å². The van der Waals surface area contributed by atoms with Crippen LogP contribution in [-0.2, 0) is 5.41 Å². The van der Waals surface area contributed by atoms with Crippen molar-refractivity contribution >= 4 is 21.9 Å². The van der Waals surface area contributed by atoms with E-state index in [0.717, 1.165) is 89.1 Å². The summed E-state index contributed by atoms with van der Waals surface area (Å²) in [6.45, 7) is 2.25. The van der Waals surface area contributed by atoms with Crippen LogP contribution in [0.25, 0.3) is 78.1 Å². The van der Waals surface area contributed by atoms with Crippen molar-refractivity contribution in [1.29, 1.82) is 5.26 Å². The second kappa shape index (κ2) is 11.4. The number of hydrogen-bond acceptors (Lipinski definition) is 5. The molecule has 3 heterocycles. The summed E-state index contributed by atoms with van der Waals surface area (Å²) in [7, 11) is 0. The van der Waals surface area contributed by atoms with Crippen LogP contribution < -0.4 is 4.74 Å². The van der Waals surface area contributed by atoms with Gasteiger partial charge in [0.1, 0.15) is 28.7 Å². The van der Waals surface area contributed by atoms with E-state index in [1.54, 1.807) is 0 Å². The van der Waals surface area contributed by atoms with Gasteiger partial charge >= 0.3 is 0 Å². The molecule has 7 aromatic carbocycles. The highest BCUT2D eigenvalue weighted by Crippen LogP contribution is 2.61. The Labute approximate surface area is 311 Å². The molecule has 0 saturated carbocycles. The summed E-state index contributed by atoms with van der Waals surface area (Å²) < 4.78 is 12.8. The second-order valence-electron chi connectivity index (χ2n) is 14.1. The maximum atomic E-state index is 10.1. The third-order valence-corrected chi connectivity index (χ3v) is 11.2. The fraction of sp³-hybridized carbons (Fsp3) is 0.0408. The summed E-state index contributed by atoms with van der Waals surface area (Å²) in [5.41, 5.74) is 14.0. The second-order valence-corrected chi connectivity index (χ2v) is 14.1. The molecule has 11 rings (SSSR count). The molecular formula is C49H29N3O2. The van der Waals surface area contributed by atoms with Crippen LogP contribution in [0.4, 0.5) is 0 Å². The number of rotatable bonds is 4. The van der Waals surface area contributed by atoms with Crippen LogP contribution >= 0.6 is 0 Å². The summed E-state index contributed by atoms with van der Waals surface area (Å²) in [6.07, 6.45) is 0. The molecule has 9 aromatic rings. The minimum atomic E-state index is -0.472. The Kier molecular flexibility index (Phi) is 6.38. The van der Waals surface area contributed by atoms with E-state index < -0.39 is 5.41 Å². The average Bonchev–Trinajstić information content (AvgIpc) is 3.75. The quantitative estimate of drug-likeness (QED) is 0.184. The molecule has 0 amide bonds. The van der Waals surface area contributed by atoms with Gasteiger partial charge in [-0.25, -0.2) is 9.97 Å². The van der Waals surface area contributed by atoms with Crippen molar-refractivity contribution in [3.8, 4) is 73.7 Å². The Bertz CT molecular complexity index is 3050. The van der Waals surface area contributed by atoms with Crippen molar-refractivity contribution in [3.05, 3.63) is 180 Å². The standard InChI is InChI=1S/C49H29N3O2/c1-49-39-25-23-32(26-38(39)36-24-22-33(28-50)46(45(36)49)54-44-17-8-6-15-40(44)49)42-27-41(51-48(52-42)31-10-3-2-4-11-31)30-20-18-29(19-21-30)34-13-9-14-37-35-12-5-7-16-43(35)53-47(34)37/h2-27H,1H3. The fourth-order valence-electron chi connectivity index (χ4n) is 8.61. The van der Waals surface area contributed by atoms with E-state index in [4.69, 9.17) is 19.1 Å². The molecular weight excluding hydrogens is 663 g/mol. The van der Waals surface area contributed by atoms with Crippen molar-refractivity contribution in [2.75, 3.05) is 0 Å². The molecule has 2 aliphatic rings. The number of para-hydroxylation sites is 3. The van der Waals surface area contributed by atoms with E-state index in [0.29, 0.717) is 17.1 Å². The van der Waals surface area contributed by atoms with Crippen molar-refractivity contribution in [3.63, 3.8) is 0 Å². The Hall–Kier alpha value is -7.29. The van der Waals surface area contributed by atoms with Crippen LogP contribution in [0.5, 0.6) is 11.5 Å². The maximum Gasteiger partial charge on any atom is 0.160 e. The summed E-state index contributed by atoms with van der Waals surface area (Å²) in [5.74, 6) is 2.09. The molecule has 0 spiro atoms. The van der Waals surface area contributed by atoms with E-state index in [-0.39, 0.29) is 0 Å². The number of nitriles is 1. The first-order valence-corrected chi connectivity index (χ1v) is 18.0. The lowest BCUT2D eigenvalue weighted by Crippen LogP contribution is -2.27. The van der Waals surface area contributed by atoms with Gasteiger partial charge in [0.25, 0.3) is 0 Å². The first-order chi connectivity index (χ1) is 26.6. The predicted octanol–water partition coefficient (Wildman–Crippen LogP) is 12.4. The number of aromatic nitrogens is 2. The Morgan fingerprint density at radius 3 is 2.13 bits per heavy atom. The van der Waals surface area contributed by atoms with Gasteiger partial charge in [-0.3, -0.25) is 0 Å². The molecule has 54 heavy (non-hydrogen) atoms. The van der Waals surface area contributed by atoms with Crippen molar-refractivity contribution in [2.24, 2.45) is 0 Å². The van der Waals surface area contributed by atoms with Gasteiger partial charge in [0, 0.05) is 44.2 Å². The first kappa shape index (κ1) is 30.3. The summed E-state index contributed by atoms with van der Waals surface area (Å²) in [4.78, 5) is 10.3. The molecule has 0 radical (unpaired) electrons. The van der Waals surface area contributed by atoms with Gasteiger partial charge in [-0.2, -0.15) is 5.26 Å². The molecule has 5 nitrogen and oxygen atoms in total. The molecule has 1 aliphatic heterocycles. The molecule has 0 N–H and O–H groups in total. The zero-order valence-corrected chi connectivity index (χ0v) is 29.2. The van der Waals surface area contributed by atoms with E-state index in [1.807, 2.05) is 66.7 Å². The fourth-order valence-corrected chi connectivity index (χ4v) is 8.61. The van der Waals surface area contributed by atoms with Crippen LogP contribution in [0.15, 0.2) is 162 Å². The Morgan fingerprint density at radius 2 is 1.28 bits per heavy atom. The Morgan fingerprint density at radius 1 is 0.556 bits per heavy atom. The number of nitrogens with zero attached hydrogens (tertiary/aromatic N) is 3. The molecule has 1 atom stereocenters. The monoisotopic (exact) mass is 691 g/mol. The van der Waals surface area contributed by atoms with Crippen LogP contribution in [0.1, 0.15) is 29.2 Å². The molecule has 0 fully saturated rings. The lowest BCUT2D eigenvalue weighted by molar-refractivity contribution is 0.430. The Balaban J connectivity index is 1.05. The molecule has 1 unspecified atom stereocenters. The third-order valence-electron chi connectivity index (χ3n) is 11.2. The minimum Gasteiger partial charge on any atom is -0.455 e. The minimum absolute atomic E-state index is 0.472. The first-order valence-electron chi connectivity index (χ1n) is 18.0. The maximum absolute atomic E-state index is 10.1. The molecule has 5 heteroatoms. The smallest absolute Gasteiger partial charge is 0.160 e. The topological polar surface area (TPSA) is 71.9 Å². The van der Waals surface area contributed by atoms with Crippen LogP contribution in [0, 0.1) is 11.3 Å². The van der Waals surface area contributed by atoms with Gasteiger partial charge in [-0.15, -0.1) is 0 Å². The van der Waals surface area contributed by atoms with Gasteiger partial charge in [0.15, 0.2) is 5.82 Å². The lowest BCUT2D eigenvalue weighted by atomic mass is 9.72. The zero-order chi connectivity index (χ0) is 36.0. The van der Waals surface area contributed by atoms with Gasteiger partial charge in [-0.1, -0.05) is 127 Å². The molecule has 0 saturated heterocycles.